The minimum absolute atomic E-state index is 0.556. The van der Waals surface area contributed by atoms with Gasteiger partial charge < -0.3 is 9.47 Å². The van der Waals surface area contributed by atoms with Crippen molar-refractivity contribution in [3.63, 3.8) is 0 Å². The molecule has 1 spiro atoms. The van der Waals surface area contributed by atoms with Crippen LogP contribution in [0, 0.1) is 0 Å². The van der Waals surface area contributed by atoms with Crippen molar-refractivity contribution in [1.29, 1.82) is 0 Å². The molecule has 1 aliphatic carbocycles. The van der Waals surface area contributed by atoms with Crippen LogP contribution in [0.2, 0.25) is 0 Å². The second kappa shape index (κ2) is 13.6. The summed E-state index contributed by atoms with van der Waals surface area (Å²) in [7, 11) is 0. The lowest BCUT2D eigenvalue weighted by Gasteiger charge is -2.46. The van der Waals surface area contributed by atoms with Crippen molar-refractivity contribution < 1.29 is 0 Å². The molecule has 0 unspecified atom stereocenters. The van der Waals surface area contributed by atoms with Gasteiger partial charge in [0, 0.05) is 43.3 Å². The van der Waals surface area contributed by atoms with Gasteiger partial charge in [-0.1, -0.05) is 176 Å². The number of hydrogen-bond donors (Lipinski definition) is 0. The summed E-state index contributed by atoms with van der Waals surface area (Å²) in [6.45, 7) is 0. The molecule has 0 bridgehead atoms. The molecule has 11 aromatic carbocycles. The quantitative estimate of drug-likeness (QED) is 0.175. The van der Waals surface area contributed by atoms with Crippen LogP contribution in [0.15, 0.2) is 240 Å². The topological polar surface area (TPSA) is 8.17 Å². The van der Waals surface area contributed by atoms with Gasteiger partial charge in [-0.3, -0.25) is 0 Å². The van der Waals surface area contributed by atoms with E-state index in [2.05, 4.69) is 240 Å². The first kappa shape index (κ1) is 35.7. The highest BCUT2D eigenvalue weighted by molar-refractivity contribution is 7.99. The van der Waals surface area contributed by atoms with Crippen LogP contribution in [-0.2, 0) is 5.41 Å². The fourth-order valence-electron chi connectivity index (χ4n) is 11.3. The number of para-hydroxylation sites is 1. The maximum absolute atomic E-state index is 2.52. The second-order valence-electron chi connectivity index (χ2n) is 17.2. The lowest BCUT2D eigenvalue weighted by molar-refractivity contribution is 0.707. The van der Waals surface area contributed by atoms with E-state index in [0.29, 0.717) is 0 Å². The van der Waals surface area contributed by atoms with Crippen LogP contribution >= 0.6 is 11.8 Å². The van der Waals surface area contributed by atoms with Crippen LogP contribution in [0.1, 0.15) is 22.3 Å². The van der Waals surface area contributed by atoms with Crippen molar-refractivity contribution in [3.8, 4) is 16.8 Å². The molecule has 64 heavy (non-hydrogen) atoms. The zero-order valence-corrected chi connectivity index (χ0v) is 35.6. The Morgan fingerprint density at radius 2 is 0.906 bits per heavy atom. The number of rotatable bonds is 4. The number of hydrogen-bond acceptors (Lipinski definition) is 2. The Labute approximate surface area is 375 Å². The normalized spacial score (nSPS) is 13.4. The summed E-state index contributed by atoms with van der Waals surface area (Å²) >= 11 is 1.89. The van der Waals surface area contributed by atoms with Gasteiger partial charge >= 0.3 is 0 Å². The van der Waals surface area contributed by atoms with Crippen molar-refractivity contribution in [2.45, 2.75) is 15.2 Å². The van der Waals surface area contributed by atoms with Gasteiger partial charge in [-0.2, -0.15) is 0 Å². The third kappa shape index (κ3) is 4.99. The molecular weight excluding hydrogens is 793 g/mol. The van der Waals surface area contributed by atoms with Gasteiger partial charge in [0.05, 0.1) is 16.4 Å². The van der Waals surface area contributed by atoms with Crippen LogP contribution in [0.4, 0.5) is 17.1 Å². The molecule has 0 amide bonds. The van der Waals surface area contributed by atoms with Crippen molar-refractivity contribution in [1.82, 2.24) is 4.57 Å². The molecule has 12 aromatic rings. The SMILES string of the molecule is c1ccc2c(c1)Sc1ccccc1C21c2cc(N(c3ccc4ccccc4c3)c3ccc4c5ccccc5n(-c5ccc6ccccc6c5)c4c3)ccc2-c2cccc3cccc1c23. The summed E-state index contributed by atoms with van der Waals surface area (Å²) in [5.41, 5.74) is 14.1. The van der Waals surface area contributed by atoms with Crippen LogP contribution in [-0.4, -0.2) is 4.57 Å². The Morgan fingerprint density at radius 1 is 0.344 bits per heavy atom. The summed E-state index contributed by atoms with van der Waals surface area (Å²) in [5, 5.41) is 9.97. The molecule has 0 radical (unpaired) electrons. The van der Waals surface area contributed by atoms with Crippen LogP contribution in [0.5, 0.6) is 0 Å². The van der Waals surface area contributed by atoms with Gasteiger partial charge in [-0.15, -0.1) is 0 Å². The van der Waals surface area contributed by atoms with Crippen molar-refractivity contribution >= 4 is 82.9 Å². The predicted molar refractivity (Wildman–Crippen MR) is 269 cm³/mol. The molecule has 0 N–H and O–H groups in total. The Kier molecular flexibility index (Phi) is 7.57. The minimum atomic E-state index is -0.556. The van der Waals surface area contributed by atoms with E-state index in [1.54, 1.807) is 0 Å². The van der Waals surface area contributed by atoms with E-state index in [1.807, 2.05) is 11.8 Å². The Balaban J connectivity index is 1.07. The van der Waals surface area contributed by atoms with E-state index in [9.17, 15) is 0 Å². The van der Waals surface area contributed by atoms with Gasteiger partial charge in [0.15, 0.2) is 0 Å². The Morgan fingerprint density at radius 3 is 1.70 bits per heavy atom. The van der Waals surface area contributed by atoms with E-state index in [1.165, 1.54) is 97.3 Å². The number of aromatic nitrogens is 1. The number of benzene rings is 11. The summed E-state index contributed by atoms with van der Waals surface area (Å²) < 4.78 is 2.45. The van der Waals surface area contributed by atoms with Crippen molar-refractivity contribution in [2.75, 3.05) is 4.90 Å². The molecule has 0 fully saturated rings. The highest BCUT2D eigenvalue weighted by Crippen LogP contribution is 2.62. The molecule has 3 heteroatoms. The van der Waals surface area contributed by atoms with Gasteiger partial charge in [0.25, 0.3) is 0 Å². The molecule has 298 valence electrons. The molecule has 0 saturated heterocycles. The van der Waals surface area contributed by atoms with Gasteiger partial charge in [-0.05, 0) is 132 Å². The van der Waals surface area contributed by atoms with Crippen LogP contribution in [0.3, 0.4) is 0 Å². The standard InChI is InChI=1S/C61H38N2S/c1-3-15-42-35-44(29-27-39(42)13-1)62(47-32-34-50-49-19-5-8-24-56(49)63(57(50)38-47)45-30-28-40-14-2-4-16-43(40)36-45)46-31-33-48-51-20-11-17-41-18-12-23-54(60(41)51)61(55(48)37-46)52-21-6-9-25-58(52)64-59-26-10-7-22-53(59)61/h1-38H. The summed E-state index contributed by atoms with van der Waals surface area (Å²) in [6, 6.07) is 86.2. The van der Waals surface area contributed by atoms with Gasteiger partial charge in [0.1, 0.15) is 0 Å². The highest BCUT2D eigenvalue weighted by Gasteiger charge is 2.48. The van der Waals surface area contributed by atoms with E-state index >= 15 is 0 Å². The number of fused-ring (bicyclic) bond motifs is 13. The monoisotopic (exact) mass is 830 g/mol. The maximum Gasteiger partial charge on any atom is 0.0736 e. The number of nitrogens with zero attached hydrogens (tertiary/aromatic N) is 2. The number of anilines is 3. The van der Waals surface area contributed by atoms with E-state index in [-0.39, 0.29) is 0 Å². The first-order chi connectivity index (χ1) is 31.7. The van der Waals surface area contributed by atoms with Crippen molar-refractivity contribution in [3.05, 3.63) is 253 Å². The van der Waals surface area contributed by atoms with Crippen LogP contribution < -0.4 is 4.90 Å². The van der Waals surface area contributed by atoms with Crippen molar-refractivity contribution in [2.24, 2.45) is 0 Å². The molecule has 1 aliphatic heterocycles. The molecule has 2 nitrogen and oxygen atoms in total. The van der Waals surface area contributed by atoms with E-state index in [0.717, 1.165) is 22.7 Å². The molecule has 0 saturated carbocycles. The Hall–Kier alpha value is -7.85. The smallest absolute Gasteiger partial charge is 0.0736 e. The first-order valence-electron chi connectivity index (χ1n) is 22.1. The molecule has 2 heterocycles. The fourth-order valence-corrected chi connectivity index (χ4v) is 12.5. The van der Waals surface area contributed by atoms with E-state index in [4.69, 9.17) is 0 Å². The summed E-state index contributed by atoms with van der Waals surface area (Å²) in [4.78, 5) is 5.08. The molecule has 2 aliphatic rings. The zero-order valence-electron chi connectivity index (χ0n) is 34.7. The lowest BCUT2D eigenvalue weighted by Crippen LogP contribution is -2.36. The zero-order chi connectivity index (χ0) is 41.9. The first-order valence-corrected chi connectivity index (χ1v) is 22.9. The summed E-state index contributed by atoms with van der Waals surface area (Å²) in [6.07, 6.45) is 0. The average Bonchev–Trinajstić information content (AvgIpc) is 3.69. The largest absolute Gasteiger partial charge is 0.310 e. The maximum atomic E-state index is 2.52. The predicted octanol–water partition coefficient (Wildman–Crippen LogP) is 16.5. The molecule has 1 aromatic heterocycles. The van der Waals surface area contributed by atoms with Gasteiger partial charge in [0.2, 0.25) is 0 Å². The van der Waals surface area contributed by atoms with E-state index < -0.39 is 5.41 Å². The minimum Gasteiger partial charge on any atom is -0.310 e. The molecule has 0 atom stereocenters. The Bertz CT molecular complexity index is 3860. The lowest BCUT2D eigenvalue weighted by atomic mass is 9.59. The van der Waals surface area contributed by atoms with Crippen LogP contribution in [0.25, 0.3) is 70.9 Å². The highest BCUT2D eigenvalue weighted by atomic mass is 32.2. The molecular formula is C61H38N2S. The third-order valence-corrected chi connectivity index (χ3v) is 15.1. The molecule has 14 rings (SSSR count). The second-order valence-corrected chi connectivity index (χ2v) is 18.3. The van der Waals surface area contributed by atoms with Gasteiger partial charge in [-0.25, -0.2) is 0 Å². The average molecular weight is 831 g/mol. The summed E-state index contributed by atoms with van der Waals surface area (Å²) in [5.74, 6) is 0. The third-order valence-electron chi connectivity index (χ3n) is 14.0. The fraction of sp³-hybridized carbons (Fsp3) is 0.0164.